The summed E-state index contributed by atoms with van der Waals surface area (Å²) in [7, 11) is 3.25. The van der Waals surface area contributed by atoms with Gasteiger partial charge in [-0.25, -0.2) is 0 Å². The lowest BCUT2D eigenvalue weighted by molar-refractivity contribution is -0.500. The van der Waals surface area contributed by atoms with Crippen molar-refractivity contribution in [2.45, 2.75) is 0 Å². The molecule has 0 heterocycles. The molecule has 0 aliphatic carbocycles. The zero-order valence-electron chi connectivity index (χ0n) is 13.6. The third-order valence-corrected chi connectivity index (χ3v) is 3.04. The fourth-order valence-electron chi connectivity index (χ4n) is 1.77. The largest absolute Gasteiger partial charge is 0.497 e. The zero-order chi connectivity index (χ0) is 17.2. The van der Waals surface area contributed by atoms with Crippen LogP contribution >= 0.6 is 0 Å². The summed E-state index contributed by atoms with van der Waals surface area (Å²) in [5.74, 6) is 1.73. The maximum atomic E-state index is 5.70. The van der Waals surface area contributed by atoms with Gasteiger partial charge in [0.05, 0.1) is 20.4 Å². The van der Waals surface area contributed by atoms with Crippen LogP contribution < -0.4 is 25.7 Å². The predicted molar refractivity (Wildman–Crippen MR) is 94.5 cm³/mol. The molecule has 0 unspecified atom stereocenters. The summed E-state index contributed by atoms with van der Waals surface area (Å²) in [5.41, 5.74) is 10.3. The fourth-order valence-corrected chi connectivity index (χ4v) is 1.77. The Balaban J connectivity index is 1.86. The molecule has 24 heavy (non-hydrogen) atoms. The smallest absolute Gasteiger partial charge is 0.269 e. The summed E-state index contributed by atoms with van der Waals surface area (Å²) in [6, 6.07) is 15.0. The topological polar surface area (TPSA) is 95.2 Å². The van der Waals surface area contributed by atoms with Crippen molar-refractivity contribution in [1.29, 1.82) is 0 Å². The van der Waals surface area contributed by atoms with E-state index in [-0.39, 0.29) is 5.96 Å². The van der Waals surface area contributed by atoms with Gasteiger partial charge in [-0.15, -0.1) is 15.6 Å². The van der Waals surface area contributed by atoms with Gasteiger partial charge in [-0.2, -0.15) is 5.10 Å². The molecule has 124 valence electrons. The van der Waals surface area contributed by atoms with Gasteiger partial charge in [-0.05, 0) is 54.1 Å². The molecule has 0 atom stereocenters. The molecule has 0 radical (unpaired) electrons. The highest BCUT2D eigenvalue weighted by atomic mass is 16.5. The van der Waals surface area contributed by atoms with Crippen molar-refractivity contribution in [3.05, 3.63) is 59.7 Å². The Morgan fingerprint density at radius 3 is 2.04 bits per heavy atom. The molecule has 0 saturated heterocycles. The average molecular weight is 326 g/mol. The Bertz CT molecular complexity index is 722. The number of hydrogen-bond acceptors (Lipinski definition) is 4. The number of nitrogens with one attached hydrogen (secondary N) is 2. The second-order valence-corrected chi connectivity index (χ2v) is 4.69. The first kappa shape index (κ1) is 17.0. The van der Waals surface area contributed by atoms with Crippen LogP contribution in [0.4, 0.5) is 0 Å². The third-order valence-electron chi connectivity index (χ3n) is 3.04. The Labute approximate surface area is 140 Å². The molecule has 4 N–H and O–H groups in total. The minimum atomic E-state index is 0.143. The second kappa shape index (κ2) is 8.94. The van der Waals surface area contributed by atoms with Gasteiger partial charge in [0.25, 0.3) is 5.96 Å². The highest BCUT2D eigenvalue weighted by Gasteiger charge is 1.95. The average Bonchev–Trinajstić information content (AvgIpc) is 2.63. The van der Waals surface area contributed by atoms with Crippen LogP contribution in [0, 0.1) is 0 Å². The minimum absolute atomic E-state index is 0.143. The molecular weight excluding hydrogens is 306 g/mol. The second-order valence-electron chi connectivity index (χ2n) is 4.69. The van der Waals surface area contributed by atoms with Crippen LogP contribution in [0.1, 0.15) is 11.1 Å². The van der Waals surface area contributed by atoms with E-state index in [4.69, 9.17) is 15.2 Å². The predicted octanol–water partition coefficient (Wildman–Crippen LogP) is 0.0567. The maximum absolute atomic E-state index is 5.70. The molecular formula is C17H20N5O2+. The summed E-state index contributed by atoms with van der Waals surface area (Å²) >= 11 is 0. The van der Waals surface area contributed by atoms with Crippen molar-refractivity contribution in [1.82, 2.24) is 5.43 Å². The molecule has 0 fully saturated rings. The molecule has 0 bridgehead atoms. The van der Waals surface area contributed by atoms with Crippen molar-refractivity contribution in [2.75, 3.05) is 14.2 Å². The van der Waals surface area contributed by atoms with Crippen LogP contribution in [0.5, 0.6) is 11.5 Å². The number of hydrazine groups is 1. The van der Waals surface area contributed by atoms with Crippen LogP contribution in [-0.4, -0.2) is 32.6 Å². The van der Waals surface area contributed by atoms with E-state index in [0.717, 1.165) is 22.6 Å². The number of nitrogens with zero attached hydrogens (tertiary/aromatic N) is 2. The third kappa shape index (κ3) is 5.45. The number of methoxy groups -OCH3 is 2. The van der Waals surface area contributed by atoms with Gasteiger partial charge in [-0.3, -0.25) is 0 Å². The molecule has 2 rings (SSSR count). The van der Waals surface area contributed by atoms with Crippen molar-refractivity contribution >= 4 is 18.4 Å². The number of hydrogen-bond donors (Lipinski definition) is 3. The van der Waals surface area contributed by atoms with E-state index in [1.807, 2.05) is 48.5 Å². The maximum Gasteiger partial charge on any atom is 0.269 e. The number of rotatable bonds is 6. The van der Waals surface area contributed by atoms with Crippen LogP contribution in [0.15, 0.2) is 58.7 Å². The number of hydrazone groups is 1. The summed E-state index contributed by atoms with van der Waals surface area (Å²) in [6.45, 7) is 0. The van der Waals surface area contributed by atoms with Crippen molar-refractivity contribution in [3.63, 3.8) is 0 Å². The van der Waals surface area contributed by atoms with Gasteiger partial charge in [0.1, 0.15) is 11.5 Å². The quantitative estimate of drug-likeness (QED) is 0.397. The monoisotopic (exact) mass is 326 g/mol. The zero-order valence-corrected chi connectivity index (χ0v) is 13.6. The molecule has 2 aromatic rings. The fraction of sp³-hybridized carbons (Fsp3) is 0.118. The molecule has 0 aliphatic rings. The van der Waals surface area contributed by atoms with E-state index in [1.54, 1.807) is 26.6 Å². The standard InChI is InChI=1S/C17H19N5O2/c1-23-15-7-3-13(4-8-15)11-19-21-17(18)22-20-12-14-5-9-16(24-2)10-6-14/h3-12H,1-2H3,(H3,18,21,22)/p+1/b19-11-,20-12-. The Morgan fingerprint density at radius 2 is 1.50 bits per heavy atom. The van der Waals surface area contributed by atoms with Crippen LogP contribution in [0.3, 0.4) is 0 Å². The number of ether oxygens (including phenoxy) is 2. The molecule has 0 amide bonds. The summed E-state index contributed by atoms with van der Waals surface area (Å²) < 4.78 is 10.2. The minimum Gasteiger partial charge on any atom is -0.497 e. The molecule has 0 aromatic heterocycles. The van der Waals surface area contributed by atoms with E-state index in [1.165, 1.54) is 0 Å². The summed E-state index contributed by atoms with van der Waals surface area (Å²) in [5, 5.41) is 10.6. The molecule has 0 saturated carbocycles. The highest BCUT2D eigenvalue weighted by molar-refractivity contribution is 5.82. The van der Waals surface area contributed by atoms with Gasteiger partial charge in [0, 0.05) is 5.56 Å². The van der Waals surface area contributed by atoms with Crippen molar-refractivity contribution < 1.29 is 14.6 Å². The van der Waals surface area contributed by atoms with E-state index >= 15 is 0 Å². The normalized spacial score (nSPS) is 11.8. The lowest BCUT2D eigenvalue weighted by atomic mass is 10.2. The first-order chi connectivity index (χ1) is 11.7. The van der Waals surface area contributed by atoms with Crippen LogP contribution in [-0.2, 0) is 0 Å². The van der Waals surface area contributed by atoms with Gasteiger partial charge < -0.3 is 15.2 Å². The molecule has 7 nitrogen and oxygen atoms in total. The lowest BCUT2D eigenvalue weighted by Gasteiger charge is -1.98. The molecule has 0 spiro atoms. The van der Waals surface area contributed by atoms with Crippen molar-refractivity contribution in [3.8, 4) is 11.5 Å². The lowest BCUT2D eigenvalue weighted by Crippen LogP contribution is -2.82. The Kier molecular flexibility index (Phi) is 6.34. The van der Waals surface area contributed by atoms with Crippen LogP contribution in [0.2, 0.25) is 0 Å². The van der Waals surface area contributed by atoms with E-state index in [0.29, 0.717) is 0 Å². The molecule has 0 aliphatic heterocycles. The first-order valence-electron chi connectivity index (χ1n) is 7.20. The van der Waals surface area contributed by atoms with Gasteiger partial charge in [0.2, 0.25) is 0 Å². The number of benzene rings is 2. The molecule has 2 aromatic carbocycles. The summed E-state index contributed by atoms with van der Waals surface area (Å²) in [6.07, 6.45) is 3.34. The first-order valence-corrected chi connectivity index (χ1v) is 7.20. The van der Waals surface area contributed by atoms with Crippen molar-refractivity contribution in [2.24, 2.45) is 15.9 Å². The van der Waals surface area contributed by atoms with E-state index in [2.05, 4.69) is 20.7 Å². The van der Waals surface area contributed by atoms with E-state index in [9.17, 15) is 0 Å². The summed E-state index contributed by atoms with van der Waals surface area (Å²) in [4.78, 5) is 0. The number of nitrogens with two attached hydrogens (primary N) is 1. The Hall–Kier alpha value is -3.35. The van der Waals surface area contributed by atoms with Crippen LogP contribution in [0.25, 0.3) is 0 Å². The molecule has 7 heteroatoms. The Morgan fingerprint density at radius 1 is 0.958 bits per heavy atom. The van der Waals surface area contributed by atoms with Gasteiger partial charge in [0.15, 0.2) is 6.21 Å². The highest BCUT2D eigenvalue weighted by Crippen LogP contribution is 2.10. The SMILES string of the molecule is COc1ccc(/C=N\N=C(N)N/[NH+]=C\c2ccc(OC)cc2)cc1. The van der Waals surface area contributed by atoms with Gasteiger partial charge >= 0.3 is 0 Å². The number of guanidine groups is 1. The van der Waals surface area contributed by atoms with E-state index < -0.39 is 0 Å². The van der Waals surface area contributed by atoms with Gasteiger partial charge in [-0.1, -0.05) is 0 Å².